The molecule has 0 saturated heterocycles. The van der Waals surface area contributed by atoms with Crippen molar-refractivity contribution in [1.29, 1.82) is 0 Å². The van der Waals surface area contributed by atoms with Crippen LogP contribution in [0.15, 0.2) is 24.3 Å². The van der Waals surface area contributed by atoms with Crippen LogP contribution in [0, 0.1) is 34.5 Å². The average Bonchev–Trinajstić information content (AvgIpc) is 2.90. The van der Waals surface area contributed by atoms with Crippen molar-refractivity contribution >= 4 is 11.8 Å². The number of carbonyl (C=O) groups is 2. The van der Waals surface area contributed by atoms with E-state index in [-0.39, 0.29) is 28.7 Å². The predicted molar refractivity (Wildman–Crippen MR) is 101 cm³/mol. The standard InChI is InChI=1S/C23H32O3/c1-5-15-7-9-19-18-8-6-16-12-17(25)10-11-22(16,3)21(18)20(26-14(2)24)13-23(15,19)4/h5,12,15,18-21H,1,6-11,13H2,2-4H3/t15-,18-,19-,20+,21+,22-,23+/m0/s1. The molecule has 26 heavy (non-hydrogen) atoms. The van der Waals surface area contributed by atoms with Crippen molar-refractivity contribution in [1.82, 2.24) is 0 Å². The fourth-order valence-electron chi connectivity index (χ4n) is 7.40. The van der Waals surface area contributed by atoms with Gasteiger partial charge in [-0.3, -0.25) is 9.59 Å². The molecule has 4 aliphatic carbocycles. The van der Waals surface area contributed by atoms with Gasteiger partial charge in [-0.25, -0.2) is 0 Å². The summed E-state index contributed by atoms with van der Waals surface area (Å²) in [7, 11) is 0. The molecule has 142 valence electrons. The van der Waals surface area contributed by atoms with Gasteiger partial charge < -0.3 is 4.74 Å². The molecule has 0 amide bonds. The smallest absolute Gasteiger partial charge is 0.302 e. The molecule has 4 rings (SSSR count). The number of ether oxygens (including phenoxy) is 1. The summed E-state index contributed by atoms with van der Waals surface area (Å²) in [5.41, 5.74) is 1.50. The quantitative estimate of drug-likeness (QED) is 0.524. The molecule has 0 bridgehead atoms. The number of carbonyl (C=O) groups excluding carboxylic acids is 2. The van der Waals surface area contributed by atoms with Crippen LogP contribution in [-0.4, -0.2) is 17.9 Å². The average molecular weight is 357 g/mol. The van der Waals surface area contributed by atoms with Crippen molar-refractivity contribution < 1.29 is 14.3 Å². The molecule has 7 atom stereocenters. The fourth-order valence-corrected chi connectivity index (χ4v) is 7.40. The van der Waals surface area contributed by atoms with E-state index in [0.717, 1.165) is 25.7 Å². The molecule has 0 heterocycles. The van der Waals surface area contributed by atoms with Gasteiger partial charge in [-0.05, 0) is 73.2 Å². The van der Waals surface area contributed by atoms with Gasteiger partial charge in [0.25, 0.3) is 0 Å². The molecule has 0 spiro atoms. The summed E-state index contributed by atoms with van der Waals surface area (Å²) in [6.07, 6.45) is 11.1. The first kappa shape index (κ1) is 18.0. The lowest BCUT2D eigenvalue weighted by atomic mass is 9.46. The van der Waals surface area contributed by atoms with Gasteiger partial charge in [0, 0.05) is 19.3 Å². The lowest BCUT2D eigenvalue weighted by Crippen LogP contribution is -2.57. The van der Waals surface area contributed by atoms with E-state index in [2.05, 4.69) is 26.5 Å². The maximum atomic E-state index is 12.0. The monoisotopic (exact) mass is 356 g/mol. The number of hydrogen-bond acceptors (Lipinski definition) is 3. The Kier molecular flexibility index (Phi) is 4.20. The molecule has 3 nitrogen and oxygen atoms in total. The van der Waals surface area contributed by atoms with Crippen LogP contribution in [0.4, 0.5) is 0 Å². The molecule has 3 fully saturated rings. The zero-order chi connectivity index (χ0) is 18.7. The summed E-state index contributed by atoms with van der Waals surface area (Å²) >= 11 is 0. The van der Waals surface area contributed by atoms with Crippen LogP contribution in [0.1, 0.15) is 65.7 Å². The van der Waals surface area contributed by atoms with Crippen LogP contribution in [0.3, 0.4) is 0 Å². The highest BCUT2D eigenvalue weighted by Crippen LogP contribution is 2.67. The number of fused-ring (bicyclic) bond motifs is 5. The van der Waals surface area contributed by atoms with Crippen LogP contribution in [0.25, 0.3) is 0 Å². The highest BCUT2D eigenvalue weighted by Gasteiger charge is 2.62. The maximum Gasteiger partial charge on any atom is 0.302 e. The third-order valence-corrected chi connectivity index (χ3v) is 8.55. The summed E-state index contributed by atoms with van der Waals surface area (Å²) < 4.78 is 5.98. The minimum absolute atomic E-state index is 0.00450. The van der Waals surface area contributed by atoms with E-state index in [4.69, 9.17) is 4.74 Å². The molecule has 0 aromatic rings. The first-order valence-corrected chi connectivity index (χ1v) is 10.3. The van der Waals surface area contributed by atoms with Gasteiger partial charge in [0.2, 0.25) is 0 Å². The highest BCUT2D eigenvalue weighted by atomic mass is 16.5. The minimum atomic E-state index is -0.171. The fraction of sp³-hybridized carbons (Fsp3) is 0.739. The van der Waals surface area contributed by atoms with E-state index in [1.54, 1.807) is 0 Å². The Labute approximate surface area is 157 Å². The largest absolute Gasteiger partial charge is 0.462 e. The Morgan fingerprint density at radius 2 is 2.04 bits per heavy atom. The lowest BCUT2D eigenvalue weighted by molar-refractivity contribution is -0.174. The molecular formula is C23H32O3. The van der Waals surface area contributed by atoms with Crippen LogP contribution in [0.2, 0.25) is 0 Å². The molecule has 3 heteroatoms. The first-order chi connectivity index (χ1) is 12.3. The molecule has 0 aromatic heterocycles. The van der Waals surface area contributed by atoms with Gasteiger partial charge in [0.1, 0.15) is 6.10 Å². The van der Waals surface area contributed by atoms with Crippen LogP contribution >= 0.6 is 0 Å². The van der Waals surface area contributed by atoms with Gasteiger partial charge in [0.15, 0.2) is 5.78 Å². The molecule has 0 aromatic carbocycles. The molecular weight excluding hydrogens is 324 g/mol. The number of esters is 1. The zero-order valence-corrected chi connectivity index (χ0v) is 16.4. The summed E-state index contributed by atoms with van der Waals surface area (Å²) in [6, 6.07) is 0. The van der Waals surface area contributed by atoms with Crippen molar-refractivity contribution in [2.45, 2.75) is 71.8 Å². The SMILES string of the molecule is C=C[C@H]1CC[C@H]2[C@@H]3CCC4=CC(=O)CC[C@]4(C)[C@H]3[C@H](OC(C)=O)C[C@]12C. The third-order valence-electron chi connectivity index (χ3n) is 8.55. The summed E-state index contributed by atoms with van der Waals surface area (Å²) in [5.74, 6) is 2.23. The van der Waals surface area contributed by atoms with E-state index < -0.39 is 0 Å². The van der Waals surface area contributed by atoms with Crippen molar-refractivity contribution in [2.75, 3.05) is 0 Å². The van der Waals surface area contributed by atoms with E-state index >= 15 is 0 Å². The second kappa shape index (κ2) is 6.07. The second-order valence-electron chi connectivity index (χ2n) is 9.67. The Morgan fingerprint density at radius 1 is 1.27 bits per heavy atom. The first-order valence-electron chi connectivity index (χ1n) is 10.3. The van der Waals surface area contributed by atoms with Gasteiger partial charge in [-0.15, -0.1) is 6.58 Å². The zero-order valence-electron chi connectivity index (χ0n) is 16.4. The second-order valence-corrected chi connectivity index (χ2v) is 9.67. The summed E-state index contributed by atoms with van der Waals surface area (Å²) in [6.45, 7) is 10.4. The van der Waals surface area contributed by atoms with Crippen molar-refractivity contribution in [3.63, 3.8) is 0 Å². The van der Waals surface area contributed by atoms with E-state index in [9.17, 15) is 9.59 Å². The van der Waals surface area contributed by atoms with E-state index in [0.29, 0.717) is 30.1 Å². The third kappa shape index (κ3) is 2.46. The Morgan fingerprint density at radius 3 is 2.73 bits per heavy atom. The molecule has 0 N–H and O–H groups in total. The number of hydrogen-bond donors (Lipinski definition) is 0. The van der Waals surface area contributed by atoms with Crippen molar-refractivity contribution in [2.24, 2.45) is 34.5 Å². The van der Waals surface area contributed by atoms with Gasteiger partial charge in [-0.1, -0.05) is 25.5 Å². The normalized spacial score (nSPS) is 47.3. The topological polar surface area (TPSA) is 43.4 Å². The molecule has 4 aliphatic rings. The van der Waals surface area contributed by atoms with Crippen LogP contribution < -0.4 is 0 Å². The summed E-state index contributed by atoms with van der Waals surface area (Å²) in [4.78, 5) is 24.0. The van der Waals surface area contributed by atoms with Crippen molar-refractivity contribution in [3.8, 4) is 0 Å². The van der Waals surface area contributed by atoms with Gasteiger partial charge in [-0.2, -0.15) is 0 Å². The Hall–Kier alpha value is -1.38. The van der Waals surface area contributed by atoms with Gasteiger partial charge in [0.05, 0.1) is 0 Å². The van der Waals surface area contributed by atoms with Crippen LogP contribution in [-0.2, 0) is 14.3 Å². The number of ketones is 1. The van der Waals surface area contributed by atoms with Crippen molar-refractivity contribution in [3.05, 3.63) is 24.3 Å². The minimum Gasteiger partial charge on any atom is -0.462 e. The molecule has 3 saturated carbocycles. The Balaban J connectivity index is 1.77. The lowest BCUT2D eigenvalue weighted by Gasteiger charge is -2.60. The highest BCUT2D eigenvalue weighted by molar-refractivity contribution is 5.91. The maximum absolute atomic E-state index is 12.0. The predicted octanol–water partition coefficient (Wildman–Crippen LogP) is 4.86. The molecule has 0 radical (unpaired) electrons. The molecule has 0 unspecified atom stereocenters. The molecule has 0 aliphatic heterocycles. The number of rotatable bonds is 2. The van der Waals surface area contributed by atoms with E-state index in [1.165, 1.54) is 25.3 Å². The van der Waals surface area contributed by atoms with Crippen LogP contribution in [0.5, 0.6) is 0 Å². The van der Waals surface area contributed by atoms with Gasteiger partial charge >= 0.3 is 5.97 Å². The Bertz CT molecular complexity index is 677. The number of allylic oxidation sites excluding steroid dienone is 2. The summed E-state index contributed by atoms with van der Waals surface area (Å²) in [5, 5.41) is 0. The van der Waals surface area contributed by atoms with E-state index in [1.807, 2.05) is 6.08 Å².